The number of benzene rings is 5. The van der Waals surface area contributed by atoms with E-state index in [1.165, 1.54) is 0 Å². The van der Waals surface area contributed by atoms with Gasteiger partial charge in [0.25, 0.3) is 0 Å². The minimum absolute atomic E-state index is 0.359. The van der Waals surface area contributed by atoms with Crippen LogP contribution >= 0.6 is 0 Å². The van der Waals surface area contributed by atoms with Crippen LogP contribution in [0.15, 0.2) is 146 Å². The van der Waals surface area contributed by atoms with Crippen molar-refractivity contribution in [2.75, 3.05) is 0 Å². The summed E-state index contributed by atoms with van der Waals surface area (Å²) in [5.74, 6) is 0.335. The van der Waals surface area contributed by atoms with Gasteiger partial charge in [0.05, 0.1) is 0 Å². The largest absolute Gasteiger partial charge is 0.457 e. The zero-order valence-electron chi connectivity index (χ0n) is 21.6. The van der Waals surface area contributed by atoms with Crippen LogP contribution in [0.3, 0.4) is 0 Å². The van der Waals surface area contributed by atoms with Crippen LogP contribution in [0.5, 0.6) is 11.5 Å². The van der Waals surface area contributed by atoms with Crippen molar-refractivity contribution < 1.29 is 23.8 Å². The third kappa shape index (κ3) is 4.84. The number of ether oxygens (including phenoxy) is 3. The van der Waals surface area contributed by atoms with Crippen molar-refractivity contribution >= 4 is 11.6 Å². The maximum absolute atomic E-state index is 14.4. The molecule has 0 radical (unpaired) electrons. The van der Waals surface area contributed by atoms with Crippen LogP contribution in [0.2, 0.25) is 0 Å². The highest BCUT2D eigenvalue weighted by atomic mass is 16.7. The topological polar surface area (TPSA) is 61.8 Å². The zero-order valence-corrected chi connectivity index (χ0v) is 21.6. The average molecular weight is 527 g/mol. The second-order valence-corrected chi connectivity index (χ2v) is 9.49. The maximum atomic E-state index is 14.4. The standard InChI is InChI=1S/C35H26O5/c36-31(25-14-5-1-6-15-25)35(32(37)26-16-7-2-8-17-26)33(27-18-9-3-10-19-27)39-34(40-35)28-20-13-23-30(24-28)38-29-21-11-4-12-22-29/h1-24,33-34H. The molecule has 5 heteroatoms. The fraction of sp³-hybridized carbons (Fsp3) is 0.0857. The van der Waals surface area contributed by atoms with E-state index in [2.05, 4.69) is 0 Å². The summed E-state index contributed by atoms with van der Waals surface area (Å²) < 4.78 is 19.1. The highest BCUT2D eigenvalue weighted by Crippen LogP contribution is 2.50. The van der Waals surface area contributed by atoms with Crippen LogP contribution in [-0.4, -0.2) is 17.2 Å². The van der Waals surface area contributed by atoms with Crippen LogP contribution in [0, 0.1) is 0 Å². The number of carbonyl (C=O) groups excluding carboxylic acids is 2. The van der Waals surface area contributed by atoms with E-state index in [1.807, 2.05) is 91.0 Å². The lowest BCUT2D eigenvalue weighted by Crippen LogP contribution is -2.50. The quantitative estimate of drug-likeness (QED) is 0.153. The second kappa shape index (κ2) is 11.1. The molecule has 1 aliphatic rings. The Kier molecular flexibility index (Phi) is 7.06. The lowest BCUT2D eigenvalue weighted by Gasteiger charge is -2.30. The number of para-hydroxylation sites is 1. The van der Waals surface area contributed by atoms with Crippen molar-refractivity contribution in [2.24, 2.45) is 0 Å². The van der Waals surface area contributed by atoms with E-state index in [1.54, 1.807) is 54.6 Å². The maximum Gasteiger partial charge on any atom is 0.226 e. The molecule has 0 aliphatic carbocycles. The summed E-state index contributed by atoms with van der Waals surface area (Å²) in [7, 11) is 0. The number of rotatable bonds is 8. The fourth-order valence-electron chi connectivity index (χ4n) is 4.97. The second-order valence-electron chi connectivity index (χ2n) is 9.49. The van der Waals surface area contributed by atoms with E-state index < -0.39 is 29.6 Å². The van der Waals surface area contributed by atoms with Crippen molar-refractivity contribution in [3.05, 3.63) is 168 Å². The van der Waals surface area contributed by atoms with Crippen molar-refractivity contribution in [3.63, 3.8) is 0 Å². The lowest BCUT2D eigenvalue weighted by molar-refractivity contribution is -0.0769. The third-order valence-electron chi connectivity index (χ3n) is 6.88. The fourth-order valence-corrected chi connectivity index (χ4v) is 4.97. The Morgan fingerprint density at radius 1 is 0.550 bits per heavy atom. The Hall–Kier alpha value is -4.84. The Bertz CT molecular complexity index is 1550. The van der Waals surface area contributed by atoms with Crippen LogP contribution < -0.4 is 4.74 Å². The number of ketones is 2. The van der Waals surface area contributed by atoms with Gasteiger partial charge in [0.1, 0.15) is 17.6 Å². The molecule has 5 aromatic carbocycles. The summed E-state index contributed by atoms with van der Waals surface area (Å²) in [4.78, 5) is 28.8. The summed E-state index contributed by atoms with van der Waals surface area (Å²) in [5, 5.41) is 0. The zero-order chi connectivity index (χ0) is 27.4. The molecule has 1 saturated heterocycles. The molecule has 6 rings (SSSR count). The van der Waals surface area contributed by atoms with Crippen molar-refractivity contribution in [2.45, 2.75) is 18.0 Å². The number of hydrogen-bond donors (Lipinski definition) is 0. The third-order valence-corrected chi connectivity index (χ3v) is 6.88. The minimum atomic E-state index is -1.97. The van der Waals surface area contributed by atoms with Gasteiger partial charge in [-0.25, -0.2) is 0 Å². The van der Waals surface area contributed by atoms with E-state index in [0.717, 1.165) is 0 Å². The van der Waals surface area contributed by atoms with Crippen LogP contribution in [-0.2, 0) is 9.47 Å². The number of hydrogen-bond acceptors (Lipinski definition) is 5. The van der Waals surface area contributed by atoms with Gasteiger partial charge in [-0.3, -0.25) is 9.59 Å². The molecule has 2 atom stereocenters. The SMILES string of the molecule is O=C(c1ccccc1)C1(C(=O)c2ccccc2)OC(c2cccc(Oc3ccccc3)c2)OC1c1ccccc1. The van der Waals surface area contributed by atoms with E-state index in [0.29, 0.717) is 33.8 Å². The van der Waals surface area contributed by atoms with Crippen molar-refractivity contribution in [3.8, 4) is 11.5 Å². The van der Waals surface area contributed by atoms with E-state index in [-0.39, 0.29) is 0 Å². The Morgan fingerprint density at radius 2 is 1.02 bits per heavy atom. The molecule has 0 saturated carbocycles. The predicted octanol–water partition coefficient (Wildman–Crippen LogP) is 7.77. The minimum Gasteiger partial charge on any atom is -0.457 e. The van der Waals surface area contributed by atoms with Crippen LogP contribution in [0.4, 0.5) is 0 Å². The van der Waals surface area contributed by atoms with Gasteiger partial charge < -0.3 is 14.2 Å². The van der Waals surface area contributed by atoms with Gasteiger partial charge >= 0.3 is 0 Å². The Morgan fingerprint density at radius 3 is 1.60 bits per heavy atom. The van der Waals surface area contributed by atoms with Crippen LogP contribution in [0.25, 0.3) is 0 Å². The first-order chi connectivity index (χ1) is 19.6. The molecule has 1 heterocycles. The molecule has 0 spiro atoms. The van der Waals surface area contributed by atoms with Gasteiger partial charge in [-0.15, -0.1) is 0 Å². The van der Waals surface area contributed by atoms with Crippen LogP contribution in [0.1, 0.15) is 44.2 Å². The summed E-state index contributed by atoms with van der Waals surface area (Å²) in [6.07, 6.45) is -2.01. The molecular formula is C35H26O5. The molecule has 5 nitrogen and oxygen atoms in total. The van der Waals surface area contributed by atoms with E-state index in [9.17, 15) is 9.59 Å². The predicted molar refractivity (Wildman–Crippen MR) is 151 cm³/mol. The van der Waals surface area contributed by atoms with Gasteiger partial charge in [-0.1, -0.05) is 121 Å². The summed E-state index contributed by atoms with van der Waals surface area (Å²) in [5.41, 5.74) is 0.0369. The first-order valence-corrected chi connectivity index (χ1v) is 13.1. The Balaban J connectivity index is 1.47. The molecular weight excluding hydrogens is 500 g/mol. The molecule has 196 valence electrons. The Labute approximate surface area is 232 Å². The molecule has 0 N–H and O–H groups in total. The first kappa shape index (κ1) is 25.4. The summed E-state index contributed by atoms with van der Waals surface area (Å²) >= 11 is 0. The molecule has 5 aromatic rings. The van der Waals surface area contributed by atoms with Gasteiger partial charge in [0.15, 0.2) is 6.29 Å². The van der Waals surface area contributed by atoms with Gasteiger partial charge in [0.2, 0.25) is 17.2 Å². The monoisotopic (exact) mass is 526 g/mol. The summed E-state index contributed by atoms with van der Waals surface area (Å²) in [6.45, 7) is 0. The molecule has 0 aromatic heterocycles. The molecule has 40 heavy (non-hydrogen) atoms. The first-order valence-electron chi connectivity index (χ1n) is 13.1. The van der Waals surface area contributed by atoms with Gasteiger partial charge in [0, 0.05) is 16.7 Å². The highest BCUT2D eigenvalue weighted by Gasteiger charge is 2.61. The number of Topliss-reactive ketones (excluding diaryl/α,β-unsaturated/α-hetero) is 2. The lowest BCUT2D eigenvalue weighted by atomic mass is 9.78. The highest BCUT2D eigenvalue weighted by molar-refractivity contribution is 6.23. The average Bonchev–Trinajstić information content (AvgIpc) is 3.44. The molecule has 1 fully saturated rings. The van der Waals surface area contributed by atoms with E-state index >= 15 is 0 Å². The van der Waals surface area contributed by atoms with Crippen molar-refractivity contribution in [1.82, 2.24) is 0 Å². The molecule has 0 amide bonds. The summed E-state index contributed by atoms with van der Waals surface area (Å²) in [6, 6.07) is 43.5. The molecule has 1 aliphatic heterocycles. The van der Waals surface area contributed by atoms with Gasteiger partial charge in [-0.05, 0) is 29.8 Å². The van der Waals surface area contributed by atoms with E-state index in [4.69, 9.17) is 14.2 Å². The molecule has 2 unspecified atom stereocenters. The number of carbonyl (C=O) groups is 2. The van der Waals surface area contributed by atoms with Crippen molar-refractivity contribution in [1.29, 1.82) is 0 Å². The smallest absolute Gasteiger partial charge is 0.226 e. The molecule has 0 bridgehead atoms. The van der Waals surface area contributed by atoms with Gasteiger partial charge in [-0.2, -0.15) is 0 Å². The normalized spacial score (nSPS) is 17.7.